The van der Waals surface area contributed by atoms with Gasteiger partial charge in [-0.1, -0.05) is 140 Å². The molecule has 14 heteroatoms. The van der Waals surface area contributed by atoms with Gasteiger partial charge in [0.2, 0.25) is 0 Å². The first-order valence-electron chi connectivity index (χ1n) is 25.1. The summed E-state index contributed by atoms with van der Waals surface area (Å²) in [4.78, 5) is 13.0. The molecule has 0 aromatic rings. The molecule has 11 unspecified atom stereocenters. The molecule has 14 nitrogen and oxygen atoms in total. The molecular weight excluding hydrogens is 825 g/mol. The molecule has 0 aromatic heterocycles. The molecule has 0 bridgehead atoms. The second-order valence-corrected chi connectivity index (χ2v) is 17.6. The van der Waals surface area contributed by atoms with E-state index in [4.69, 9.17) is 28.4 Å². The Morgan fingerprint density at radius 2 is 0.984 bits per heavy atom. The lowest BCUT2D eigenvalue weighted by atomic mass is 9.98. The Hall–Kier alpha value is -1.79. The van der Waals surface area contributed by atoms with Gasteiger partial charge in [0.1, 0.15) is 54.9 Å². The van der Waals surface area contributed by atoms with Crippen molar-refractivity contribution in [3.05, 3.63) is 36.5 Å². The summed E-state index contributed by atoms with van der Waals surface area (Å²) in [6, 6.07) is 0. The molecule has 11 atom stereocenters. The fourth-order valence-electron chi connectivity index (χ4n) is 7.71. The van der Waals surface area contributed by atoms with Crippen molar-refractivity contribution in [3.63, 3.8) is 0 Å². The molecule has 374 valence electrons. The molecular formula is C50H90O14. The molecule has 2 fully saturated rings. The number of unbranched alkanes of at least 4 members (excludes halogenated alkanes) is 19. The highest BCUT2D eigenvalue weighted by Gasteiger charge is 2.47. The van der Waals surface area contributed by atoms with Crippen LogP contribution >= 0.6 is 0 Å². The number of carbonyl (C=O) groups excluding carboxylic acids is 1. The Bertz CT molecular complexity index is 1200. The van der Waals surface area contributed by atoms with Gasteiger partial charge in [-0.05, 0) is 64.2 Å². The van der Waals surface area contributed by atoms with Gasteiger partial charge in [-0.25, -0.2) is 0 Å². The lowest BCUT2D eigenvalue weighted by molar-refractivity contribution is -0.332. The third-order valence-corrected chi connectivity index (χ3v) is 11.9. The highest BCUT2D eigenvalue weighted by Crippen LogP contribution is 2.26. The molecule has 0 spiro atoms. The van der Waals surface area contributed by atoms with E-state index in [0.717, 1.165) is 70.6 Å². The van der Waals surface area contributed by atoms with Gasteiger partial charge in [-0.3, -0.25) is 4.79 Å². The van der Waals surface area contributed by atoms with Crippen LogP contribution in [0, 0.1) is 0 Å². The summed E-state index contributed by atoms with van der Waals surface area (Å²) >= 11 is 0. The number of hydrogen-bond donors (Lipinski definition) is 7. The van der Waals surface area contributed by atoms with Crippen molar-refractivity contribution in [2.24, 2.45) is 0 Å². The molecule has 0 aliphatic carbocycles. The zero-order chi connectivity index (χ0) is 46.6. The van der Waals surface area contributed by atoms with Crippen LogP contribution in [0.3, 0.4) is 0 Å². The lowest BCUT2D eigenvalue weighted by Gasteiger charge is -2.42. The van der Waals surface area contributed by atoms with Crippen molar-refractivity contribution in [2.45, 2.75) is 242 Å². The van der Waals surface area contributed by atoms with Gasteiger partial charge < -0.3 is 64.2 Å². The van der Waals surface area contributed by atoms with Crippen molar-refractivity contribution in [3.8, 4) is 0 Å². The minimum absolute atomic E-state index is 0.0521. The Morgan fingerprint density at radius 1 is 0.516 bits per heavy atom. The molecule has 2 rings (SSSR count). The summed E-state index contributed by atoms with van der Waals surface area (Å²) in [5.74, 6) is -0.393. The quantitative estimate of drug-likeness (QED) is 0.0188. The number of esters is 1. The Balaban J connectivity index is 1.79. The highest BCUT2D eigenvalue weighted by molar-refractivity contribution is 5.69. The summed E-state index contributed by atoms with van der Waals surface area (Å²) in [5.41, 5.74) is 0. The summed E-state index contributed by atoms with van der Waals surface area (Å²) in [5, 5.41) is 72.0. The Labute approximate surface area is 385 Å². The molecule has 0 amide bonds. The number of carbonyl (C=O) groups is 1. The van der Waals surface area contributed by atoms with E-state index in [-0.39, 0.29) is 19.6 Å². The molecule has 2 saturated heterocycles. The van der Waals surface area contributed by atoms with Gasteiger partial charge in [0, 0.05) is 13.0 Å². The van der Waals surface area contributed by atoms with Crippen molar-refractivity contribution < 1.29 is 69.0 Å². The first-order valence-corrected chi connectivity index (χ1v) is 25.1. The van der Waals surface area contributed by atoms with Gasteiger partial charge in [-0.15, -0.1) is 0 Å². The maximum absolute atomic E-state index is 13.0. The number of hydrogen-bond acceptors (Lipinski definition) is 14. The number of ether oxygens (including phenoxy) is 6. The van der Waals surface area contributed by atoms with E-state index in [1.165, 1.54) is 77.0 Å². The first-order chi connectivity index (χ1) is 31.1. The molecule has 0 aromatic carbocycles. The summed E-state index contributed by atoms with van der Waals surface area (Å²) in [6.45, 7) is 3.60. The highest BCUT2D eigenvalue weighted by atomic mass is 16.7. The van der Waals surface area contributed by atoms with Gasteiger partial charge in [0.15, 0.2) is 12.6 Å². The van der Waals surface area contributed by atoms with Crippen LogP contribution < -0.4 is 0 Å². The predicted molar refractivity (Wildman–Crippen MR) is 247 cm³/mol. The van der Waals surface area contributed by atoms with E-state index in [9.17, 15) is 40.5 Å². The van der Waals surface area contributed by atoms with Crippen molar-refractivity contribution >= 4 is 5.97 Å². The average molecular weight is 915 g/mol. The van der Waals surface area contributed by atoms with Crippen molar-refractivity contribution in [2.75, 3.05) is 33.0 Å². The number of rotatable bonds is 39. The molecule has 2 heterocycles. The van der Waals surface area contributed by atoms with Crippen LogP contribution in [-0.2, 0) is 33.2 Å². The van der Waals surface area contributed by atoms with Crippen molar-refractivity contribution in [1.82, 2.24) is 0 Å². The topological polar surface area (TPSA) is 214 Å². The Morgan fingerprint density at radius 3 is 1.56 bits per heavy atom. The van der Waals surface area contributed by atoms with E-state index in [1.807, 2.05) is 0 Å². The van der Waals surface area contributed by atoms with Crippen LogP contribution in [0.15, 0.2) is 36.5 Å². The molecule has 2 aliphatic heterocycles. The van der Waals surface area contributed by atoms with Crippen LogP contribution in [0.2, 0.25) is 0 Å². The second kappa shape index (κ2) is 38.2. The van der Waals surface area contributed by atoms with Crippen LogP contribution in [-0.4, -0.2) is 142 Å². The first kappa shape index (κ1) is 58.3. The molecule has 0 radical (unpaired) electrons. The average Bonchev–Trinajstić information content (AvgIpc) is 3.29. The van der Waals surface area contributed by atoms with Gasteiger partial charge in [-0.2, -0.15) is 0 Å². The standard InChI is InChI=1S/C50H90O14/c1-3-5-7-9-11-13-15-17-19-20-22-24-26-28-30-32-34-59-36-39(62-42(52)33-31-29-27-25-23-21-18-16-14-12-10-8-6-4-2)37-60-49-48(58)46(56)44(54)41(64-49)38-61-50-47(57)45(55)43(53)40(35-51)63-50/h10,12,16-19,39-41,43-51,53-58H,3-9,11,13-15,20-38H2,1-2H3/b12-10-,18-16-,19-17-. The van der Waals surface area contributed by atoms with E-state index in [0.29, 0.717) is 13.0 Å². The summed E-state index contributed by atoms with van der Waals surface area (Å²) < 4.78 is 34.2. The monoisotopic (exact) mass is 915 g/mol. The van der Waals surface area contributed by atoms with Crippen molar-refractivity contribution in [1.29, 1.82) is 0 Å². The number of allylic oxidation sites excluding steroid dienone is 6. The molecule has 0 saturated carbocycles. The van der Waals surface area contributed by atoms with Crippen LogP contribution in [0.4, 0.5) is 0 Å². The van der Waals surface area contributed by atoms with Gasteiger partial charge >= 0.3 is 5.97 Å². The summed E-state index contributed by atoms with van der Waals surface area (Å²) in [6.07, 6.45) is 24.9. The zero-order valence-corrected chi connectivity index (χ0v) is 39.5. The van der Waals surface area contributed by atoms with Crippen LogP contribution in [0.5, 0.6) is 0 Å². The normalized spacial score (nSPS) is 27.0. The maximum Gasteiger partial charge on any atom is 0.306 e. The predicted octanol–water partition coefficient (Wildman–Crippen LogP) is 7.02. The second-order valence-electron chi connectivity index (χ2n) is 17.6. The molecule has 7 N–H and O–H groups in total. The Kier molecular flexibility index (Phi) is 34.8. The molecule has 64 heavy (non-hydrogen) atoms. The third kappa shape index (κ3) is 25.9. The largest absolute Gasteiger partial charge is 0.457 e. The van der Waals surface area contributed by atoms with E-state index in [1.54, 1.807) is 0 Å². The summed E-state index contributed by atoms with van der Waals surface area (Å²) in [7, 11) is 0. The van der Waals surface area contributed by atoms with Gasteiger partial charge in [0.25, 0.3) is 0 Å². The minimum Gasteiger partial charge on any atom is -0.457 e. The minimum atomic E-state index is -1.71. The lowest BCUT2D eigenvalue weighted by Crippen LogP contribution is -2.61. The zero-order valence-electron chi connectivity index (χ0n) is 39.5. The van der Waals surface area contributed by atoms with Crippen LogP contribution in [0.1, 0.15) is 174 Å². The number of aliphatic hydroxyl groups is 7. The molecule has 2 aliphatic rings. The third-order valence-electron chi connectivity index (χ3n) is 11.9. The van der Waals surface area contributed by atoms with E-state index >= 15 is 0 Å². The maximum atomic E-state index is 13.0. The van der Waals surface area contributed by atoms with Gasteiger partial charge in [0.05, 0.1) is 26.4 Å². The SMILES string of the molecule is CCCC/C=C\C/C=C\CCCCCCCC(=O)OC(COCCCCCCCC/C=C\CCCCCCCC)COC1OC(COC2OC(CO)C(O)C(O)C2O)C(O)C(O)C1O. The van der Waals surface area contributed by atoms with E-state index < -0.39 is 86.7 Å². The smallest absolute Gasteiger partial charge is 0.306 e. The fraction of sp³-hybridized carbons (Fsp3) is 0.860. The van der Waals surface area contributed by atoms with E-state index in [2.05, 4.69) is 50.3 Å². The number of aliphatic hydroxyl groups excluding tert-OH is 7. The van der Waals surface area contributed by atoms with Crippen LogP contribution in [0.25, 0.3) is 0 Å². The fourth-order valence-corrected chi connectivity index (χ4v) is 7.71.